The molecule has 0 aliphatic rings. The number of carbonyl (C=O) groups excluding carboxylic acids is 2. The van der Waals surface area contributed by atoms with Crippen molar-refractivity contribution in [3.63, 3.8) is 0 Å². The van der Waals surface area contributed by atoms with Crippen LogP contribution >= 0.6 is 0 Å². The van der Waals surface area contributed by atoms with Crippen molar-refractivity contribution in [1.82, 2.24) is 0 Å². The minimum atomic E-state index is -0.546. The van der Waals surface area contributed by atoms with Gasteiger partial charge in [0.1, 0.15) is 5.75 Å². The lowest BCUT2D eigenvalue weighted by Crippen LogP contribution is -2.32. The first kappa shape index (κ1) is 13.2. The van der Waals surface area contributed by atoms with Gasteiger partial charge in [0.2, 0.25) is 5.78 Å². The molecule has 0 saturated heterocycles. The van der Waals surface area contributed by atoms with Crippen molar-refractivity contribution in [3.8, 4) is 5.75 Å². The molecule has 0 aliphatic carbocycles. The lowest BCUT2D eigenvalue weighted by molar-refractivity contribution is -0.134. The van der Waals surface area contributed by atoms with E-state index in [-0.39, 0.29) is 0 Å². The van der Waals surface area contributed by atoms with Crippen molar-refractivity contribution in [2.75, 3.05) is 19.1 Å². The maximum atomic E-state index is 11.7. The number of methoxy groups -OCH3 is 1. The van der Waals surface area contributed by atoms with Gasteiger partial charge in [-0.05, 0) is 31.0 Å². The number of Topliss-reactive ketones (excluding diaryl/α,β-unsaturated/α-hetero) is 1. The molecule has 0 saturated carbocycles. The summed E-state index contributed by atoms with van der Waals surface area (Å²) in [5.41, 5.74) is 2.59. The Balaban J connectivity index is 3.30. The van der Waals surface area contributed by atoms with E-state index in [1.54, 1.807) is 14.2 Å². The number of hydrogen-bond acceptors (Lipinski definition) is 3. The monoisotopic (exact) mass is 235 g/mol. The molecule has 0 N–H and O–H groups in total. The molecule has 0 heterocycles. The van der Waals surface area contributed by atoms with Crippen molar-refractivity contribution in [2.45, 2.75) is 20.8 Å². The van der Waals surface area contributed by atoms with Crippen LogP contribution in [0.3, 0.4) is 0 Å². The summed E-state index contributed by atoms with van der Waals surface area (Å²) < 4.78 is 5.25. The molecular formula is C13H17NO3. The smallest absolute Gasteiger partial charge is 0.293 e. The van der Waals surface area contributed by atoms with Gasteiger partial charge in [-0.2, -0.15) is 0 Å². The number of benzene rings is 1. The van der Waals surface area contributed by atoms with Gasteiger partial charge in [-0.15, -0.1) is 0 Å². The molecule has 0 spiro atoms. The standard InChI is InChI=1S/C13H17NO3/c1-8-6-9(2)12(11(7-8)17-5)14(4)13(16)10(3)15/h6-7H,1-5H3. The second-order valence-electron chi connectivity index (χ2n) is 4.05. The van der Waals surface area contributed by atoms with Crippen molar-refractivity contribution in [2.24, 2.45) is 0 Å². The molecule has 0 aliphatic heterocycles. The summed E-state index contributed by atoms with van der Waals surface area (Å²) in [6.45, 7) is 5.09. The van der Waals surface area contributed by atoms with E-state index in [1.807, 2.05) is 26.0 Å². The summed E-state index contributed by atoms with van der Waals surface area (Å²) in [6, 6.07) is 3.79. The van der Waals surface area contributed by atoms with Gasteiger partial charge in [-0.25, -0.2) is 0 Å². The number of ether oxygens (including phenoxy) is 1. The van der Waals surface area contributed by atoms with Crippen molar-refractivity contribution in [3.05, 3.63) is 23.3 Å². The second kappa shape index (κ2) is 4.99. The Morgan fingerprint density at radius 3 is 2.29 bits per heavy atom. The predicted molar refractivity (Wildman–Crippen MR) is 66.6 cm³/mol. The maximum Gasteiger partial charge on any atom is 0.293 e. The van der Waals surface area contributed by atoms with E-state index in [0.717, 1.165) is 11.1 Å². The summed E-state index contributed by atoms with van der Waals surface area (Å²) in [5, 5.41) is 0. The number of hydrogen-bond donors (Lipinski definition) is 0. The normalized spacial score (nSPS) is 9.94. The van der Waals surface area contributed by atoms with Crippen molar-refractivity contribution in [1.29, 1.82) is 0 Å². The third-order valence-corrected chi connectivity index (χ3v) is 2.57. The van der Waals surface area contributed by atoms with Crippen LogP contribution in [0.5, 0.6) is 5.75 Å². The molecule has 0 unspecified atom stereocenters. The van der Waals surface area contributed by atoms with Gasteiger partial charge in [0.25, 0.3) is 5.91 Å². The molecule has 4 heteroatoms. The zero-order valence-electron chi connectivity index (χ0n) is 10.8. The summed E-state index contributed by atoms with van der Waals surface area (Å²) in [6.07, 6.45) is 0. The van der Waals surface area contributed by atoms with E-state index in [9.17, 15) is 9.59 Å². The van der Waals surface area contributed by atoms with Crippen LogP contribution < -0.4 is 9.64 Å². The van der Waals surface area contributed by atoms with Gasteiger partial charge in [-0.3, -0.25) is 9.59 Å². The Labute approximate surface area is 101 Å². The molecule has 4 nitrogen and oxygen atoms in total. The Morgan fingerprint density at radius 2 is 1.82 bits per heavy atom. The number of aryl methyl sites for hydroxylation is 2. The molecule has 1 aromatic rings. The highest BCUT2D eigenvalue weighted by atomic mass is 16.5. The molecule has 0 aromatic heterocycles. The molecule has 92 valence electrons. The zero-order valence-corrected chi connectivity index (χ0v) is 10.8. The Bertz CT molecular complexity index is 466. The minimum absolute atomic E-state index is 0.491. The van der Waals surface area contributed by atoms with Crippen LogP contribution in [0.2, 0.25) is 0 Å². The first-order chi connectivity index (χ1) is 7.88. The van der Waals surface area contributed by atoms with E-state index < -0.39 is 11.7 Å². The Kier molecular flexibility index (Phi) is 3.89. The van der Waals surface area contributed by atoms with E-state index >= 15 is 0 Å². The lowest BCUT2D eigenvalue weighted by atomic mass is 10.1. The number of rotatable bonds is 3. The first-order valence-electron chi connectivity index (χ1n) is 5.32. The molecule has 0 radical (unpaired) electrons. The van der Waals surface area contributed by atoms with E-state index in [1.165, 1.54) is 11.8 Å². The third kappa shape index (κ3) is 2.64. The fourth-order valence-electron chi connectivity index (χ4n) is 1.84. The van der Waals surface area contributed by atoms with Crippen LogP contribution in [0.15, 0.2) is 12.1 Å². The summed E-state index contributed by atoms with van der Waals surface area (Å²) >= 11 is 0. The van der Waals surface area contributed by atoms with Gasteiger partial charge in [0.05, 0.1) is 12.8 Å². The van der Waals surface area contributed by atoms with Crippen molar-refractivity contribution < 1.29 is 14.3 Å². The fraction of sp³-hybridized carbons (Fsp3) is 0.385. The highest BCUT2D eigenvalue weighted by Gasteiger charge is 2.20. The van der Waals surface area contributed by atoms with Crippen LogP contribution in [-0.4, -0.2) is 25.8 Å². The molecule has 0 fully saturated rings. The maximum absolute atomic E-state index is 11.7. The van der Waals surface area contributed by atoms with Crippen molar-refractivity contribution >= 4 is 17.4 Å². The lowest BCUT2D eigenvalue weighted by Gasteiger charge is -2.21. The van der Waals surface area contributed by atoms with Gasteiger partial charge in [0, 0.05) is 14.0 Å². The van der Waals surface area contributed by atoms with Crippen LogP contribution in [0.1, 0.15) is 18.1 Å². The van der Waals surface area contributed by atoms with E-state index in [0.29, 0.717) is 11.4 Å². The van der Waals surface area contributed by atoms with Gasteiger partial charge < -0.3 is 9.64 Å². The zero-order chi connectivity index (χ0) is 13.2. The van der Waals surface area contributed by atoms with Crippen LogP contribution in [0.25, 0.3) is 0 Å². The van der Waals surface area contributed by atoms with Crippen LogP contribution in [-0.2, 0) is 9.59 Å². The highest BCUT2D eigenvalue weighted by molar-refractivity contribution is 6.40. The first-order valence-corrected chi connectivity index (χ1v) is 5.32. The Morgan fingerprint density at radius 1 is 1.24 bits per heavy atom. The average molecular weight is 235 g/mol. The number of nitrogens with zero attached hydrogens (tertiary/aromatic N) is 1. The largest absolute Gasteiger partial charge is 0.495 e. The number of amides is 1. The molecule has 17 heavy (non-hydrogen) atoms. The Hall–Kier alpha value is -1.84. The number of carbonyl (C=O) groups is 2. The van der Waals surface area contributed by atoms with Crippen LogP contribution in [0, 0.1) is 13.8 Å². The molecule has 1 rings (SSSR count). The van der Waals surface area contributed by atoms with Crippen LogP contribution in [0.4, 0.5) is 5.69 Å². The fourth-order valence-corrected chi connectivity index (χ4v) is 1.84. The summed E-state index contributed by atoms with van der Waals surface area (Å²) in [7, 11) is 3.12. The average Bonchev–Trinajstić information content (AvgIpc) is 2.25. The summed E-state index contributed by atoms with van der Waals surface area (Å²) in [4.78, 5) is 24.1. The third-order valence-electron chi connectivity index (χ3n) is 2.57. The number of ketones is 1. The molecule has 0 atom stereocenters. The molecule has 1 amide bonds. The number of likely N-dealkylation sites (N-methyl/N-ethyl adjacent to an activating group) is 1. The van der Waals surface area contributed by atoms with E-state index in [4.69, 9.17) is 4.74 Å². The van der Waals surface area contributed by atoms with Gasteiger partial charge >= 0.3 is 0 Å². The van der Waals surface area contributed by atoms with Gasteiger partial charge in [-0.1, -0.05) is 6.07 Å². The minimum Gasteiger partial charge on any atom is -0.495 e. The predicted octanol–water partition coefficient (Wildman–Crippen LogP) is 1.86. The SMILES string of the molecule is COc1cc(C)cc(C)c1N(C)C(=O)C(C)=O. The molecule has 1 aromatic carbocycles. The van der Waals surface area contributed by atoms with E-state index in [2.05, 4.69) is 0 Å². The quantitative estimate of drug-likeness (QED) is 0.751. The number of anilines is 1. The van der Waals surface area contributed by atoms with Gasteiger partial charge in [0.15, 0.2) is 0 Å². The molecule has 0 bridgehead atoms. The summed E-state index contributed by atoms with van der Waals surface area (Å²) in [5.74, 6) is -0.440. The topological polar surface area (TPSA) is 46.6 Å². The molecular weight excluding hydrogens is 218 g/mol. The highest BCUT2D eigenvalue weighted by Crippen LogP contribution is 2.32. The second-order valence-corrected chi connectivity index (χ2v) is 4.05.